The molecular formula is C12H20N4O2. The molecular weight excluding hydrogens is 232 g/mol. The Morgan fingerprint density at radius 3 is 2.72 bits per heavy atom. The summed E-state index contributed by atoms with van der Waals surface area (Å²) in [5.41, 5.74) is 5.52. The van der Waals surface area contributed by atoms with Crippen molar-refractivity contribution in [3.05, 3.63) is 5.69 Å². The second-order valence-electron chi connectivity index (χ2n) is 5.17. The van der Waals surface area contributed by atoms with Crippen LogP contribution in [-0.2, 0) is 0 Å². The predicted octanol–water partition coefficient (Wildman–Crippen LogP) is 1.60. The third-order valence-electron chi connectivity index (χ3n) is 3.70. The summed E-state index contributed by atoms with van der Waals surface area (Å²) in [6.07, 6.45) is 6.16. The van der Waals surface area contributed by atoms with Crippen molar-refractivity contribution in [1.82, 2.24) is 15.6 Å². The first-order valence-corrected chi connectivity index (χ1v) is 6.53. The number of carbonyl (C=O) groups excluding carboxylic acids is 1. The minimum atomic E-state index is -0.307. The molecule has 1 fully saturated rings. The van der Waals surface area contributed by atoms with Gasteiger partial charge in [0.1, 0.15) is 0 Å². The van der Waals surface area contributed by atoms with Gasteiger partial charge in [-0.1, -0.05) is 32.6 Å². The van der Waals surface area contributed by atoms with E-state index in [4.69, 9.17) is 5.73 Å². The molecule has 0 aromatic carbocycles. The Morgan fingerprint density at radius 2 is 2.11 bits per heavy atom. The molecule has 1 saturated carbocycles. The molecule has 100 valence electrons. The summed E-state index contributed by atoms with van der Waals surface area (Å²) in [7, 11) is 0. The van der Waals surface area contributed by atoms with Crippen molar-refractivity contribution in [3.63, 3.8) is 0 Å². The van der Waals surface area contributed by atoms with E-state index in [9.17, 15) is 4.79 Å². The van der Waals surface area contributed by atoms with Crippen LogP contribution in [0.15, 0.2) is 4.63 Å². The molecule has 0 saturated heterocycles. The quantitative estimate of drug-likeness (QED) is 0.848. The van der Waals surface area contributed by atoms with Gasteiger partial charge in [-0.15, -0.1) is 0 Å². The summed E-state index contributed by atoms with van der Waals surface area (Å²) in [5, 5.41) is 9.65. The maximum Gasteiger partial charge on any atom is 0.277 e. The highest BCUT2D eigenvalue weighted by Crippen LogP contribution is 2.29. The molecule has 0 spiro atoms. The number of nitrogens with one attached hydrogen (secondary N) is 1. The fraction of sp³-hybridized carbons (Fsp3) is 0.750. The van der Waals surface area contributed by atoms with Gasteiger partial charge in [0.25, 0.3) is 5.91 Å². The highest BCUT2D eigenvalue weighted by Gasteiger charge is 2.19. The molecule has 18 heavy (non-hydrogen) atoms. The van der Waals surface area contributed by atoms with Gasteiger partial charge in [0.05, 0.1) is 0 Å². The van der Waals surface area contributed by atoms with Crippen molar-refractivity contribution in [2.24, 2.45) is 11.8 Å². The summed E-state index contributed by atoms with van der Waals surface area (Å²) < 4.78 is 4.39. The Balaban J connectivity index is 1.69. The van der Waals surface area contributed by atoms with Crippen molar-refractivity contribution < 1.29 is 9.42 Å². The Morgan fingerprint density at radius 1 is 1.39 bits per heavy atom. The van der Waals surface area contributed by atoms with Gasteiger partial charge in [-0.25, -0.2) is 4.63 Å². The van der Waals surface area contributed by atoms with Crippen LogP contribution in [0.2, 0.25) is 0 Å². The van der Waals surface area contributed by atoms with Crippen LogP contribution in [0.4, 0.5) is 5.82 Å². The number of nitrogen functional groups attached to an aromatic ring is 1. The number of nitrogens with two attached hydrogens (primary N) is 1. The third kappa shape index (κ3) is 3.21. The number of nitrogens with zero attached hydrogens (tertiary/aromatic N) is 2. The second-order valence-corrected chi connectivity index (χ2v) is 5.17. The standard InChI is InChI=1S/C12H20N4O2/c1-8-2-4-9(5-3-8)6-7-14-12(17)10-11(13)16-18-15-10/h8-9H,2-7H2,1H3,(H2,13,16)(H,14,17). The number of anilines is 1. The molecule has 6 heteroatoms. The molecule has 0 radical (unpaired) electrons. The van der Waals surface area contributed by atoms with Gasteiger partial charge in [0, 0.05) is 6.54 Å². The van der Waals surface area contributed by atoms with E-state index >= 15 is 0 Å². The lowest BCUT2D eigenvalue weighted by atomic mass is 9.81. The van der Waals surface area contributed by atoms with Crippen LogP contribution >= 0.6 is 0 Å². The molecule has 1 amide bonds. The molecule has 2 rings (SSSR count). The average Bonchev–Trinajstić information content (AvgIpc) is 2.78. The summed E-state index contributed by atoms with van der Waals surface area (Å²) >= 11 is 0. The van der Waals surface area contributed by atoms with Gasteiger partial charge >= 0.3 is 0 Å². The van der Waals surface area contributed by atoms with E-state index in [0.717, 1.165) is 18.3 Å². The largest absolute Gasteiger partial charge is 0.379 e. The summed E-state index contributed by atoms with van der Waals surface area (Å²) in [6, 6.07) is 0. The highest BCUT2D eigenvalue weighted by atomic mass is 16.6. The second kappa shape index (κ2) is 5.84. The van der Waals surface area contributed by atoms with Gasteiger partial charge in [0.15, 0.2) is 0 Å². The first-order valence-electron chi connectivity index (χ1n) is 6.53. The van der Waals surface area contributed by atoms with Crippen LogP contribution in [0.5, 0.6) is 0 Å². The molecule has 0 bridgehead atoms. The van der Waals surface area contributed by atoms with Crippen LogP contribution in [0.3, 0.4) is 0 Å². The molecule has 1 aliphatic carbocycles. The molecule has 6 nitrogen and oxygen atoms in total. The first kappa shape index (κ1) is 12.9. The van der Waals surface area contributed by atoms with Gasteiger partial charge in [-0.05, 0) is 28.6 Å². The lowest BCUT2D eigenvalue weighted by Gasteiger charge is -2.25. The molecule has 1 aromatic heterocycles. The Bertz CT molecular complexity index is 397. The van der Waals surface area contributed by atoms with E-state index in [1.165, 1.54) is 25.7 Å². The number of hydrogen-bond donors (Lipinski definition) is 2. The topological polar surface area (TPSA) is 94.0 Å². The zero-order valence-electron chi connectivity index (χ0n) is 10.7. The van der Waals surface area contributed by atoms with E-state index < -0.39 is 0 Å². The minimum absolute atomic E-state index is 0.0407. The van der Waals surface area contributed by atoms with Crippen LogP contribution in [-0.4, -0.2) is 22.8 Å². The summed E-state index contributed by atoms with van der Waals surface area (Å²) in [5.74, 6) is 1.32. The van der Waals surface area contributed by atoms with Gasteiger partial charge in [-0.3, -0.25) is 4.79 Å². The van der Waals surface area contributed by atoms with E-state index in [0.29, 0.717) is 6.54 Å². The molecule has 1 aromatic rings. The lowest BCUT2D eigenvalue weighted by molar-refractivity contribution is 0.0940. The zero-order valence-corrected chi connectivity index (χ0v) is 10.7. The van der Waals surface area contributed by atoms with Gasteiger partial charge < -0.3 is 11.1 Å². The maximum atomic E-state index is 11.7. The van der Waals surface area contributed by atoms with Crippen molar-refractivity contribution in [3.8, 4) is 0 Å². The van der Waals surface area contributed by atoms with Gasteiger partial charge in [0.2, 0.25) is 11.5 Å². The van der Waals surface area contributed by atoms with Crippen molar-refractivity contribution in [2.75, 3.05) is 12.3 Å². The number of amides is 1. The lowest BCUT2D eigenvalue weighted by Crippen LogP contribution is -2.27. The molecule has 0 aliphatic heterocycles. The molecule has 1 heterocycles. The third-order valence-corrected chi connectivity index (χ3v) is 3.70. The van der Waals surface area contributed by atoms with E-state index in [-0.39, 0.29) is 17.4 Å². The van der Waals surface area contributed by atoms with E-state index in [1.54, 1.807) is 0 Å². The monoisotopic (exact) mass is 252 g/mol. The first-order chi connectivity index (χ1) is 8.66. The highest BCUT2D eigenvalue weighted by molar-refractivity contribution is 5.95. The predicted molar refractivity (Wildman–Crippen MR) is 66.8 cm³/mol. The van der Waals surface area contributed by atoms with Crippen LogP contribution in [0.1, 0.15) is 49.5 Å². The number of hydrogen-bond acceptors (Lipinski definition) is 5. The molecule has 3 N–H and O–H groups in total. The van der Waals surface area contributed by atoms with Crippen molar-refractivity contribution in [2.45, 2.75) is 39.0 Å². The summed E-state index contributed by atoms with van der Waals surface area (Å²) in [4.78, 5) is 11.7. The van der Waals surface area contributed by atoms with E-state index in [1.807, 2.05) is 0 Å². The normalized spacial score (nSPS) is 23.8. The minimum Gasteiger partial charge on any atom is -0.379 e. The van der Waals surface area contributed by atoms with Gasteiger partial charge in [-0.2, -0.15) is 0 Å². The number of rotatable bonds is 4. The zero-order chi connectivity index (χ0) is 13.0. The van der Waals surface area contributed by atoms with Crippen molar-refractivity contribution in [1.29, 1.82) is 0 Å². The Labute approximate surface area is 106 Å². The average molecular weight is 252 g/mol. The SMILES string of the molecule is CC1CCC(CCNC(=O)c2nonc2N)CC1. The van der Waals surface area contributed by atoms with Crippen LogP contribution in [0.25, 0.3) is 0 Å². The smallest absolute Gasteiger partial charge is 0.277 e. The fourth-order valence-corrected chi connectivity index (χ4v) is 2.44. The summed E-state index contributed by atoms with van der Waals surface area (Å²) in [6.45, 7) is 2.96. The number of aromatic nitrogens is 2. The Kier molecular flexibility index (Phi) is 4.17. The van der Waals surface area contributed by atoms with E-state index in [2.05, 4.69) is 27.2 Å². The maximum absolute atomic E-state index is 11.7. The van der Waals surface area contributed by atoms with Crippen molar-refractivity contribution >= 4 is 11.7 Å². The molecule has 0 unspecified atom stereocenters. The fourth-order valence-electron chi connectivity index (χ4n) is 2.44. The molecule has 1 aliphatic rings. The van der Waals surface area contributed by atoms with Crippen LogP contribution in [0, 0.1) is 11.8 Å². The molecule has 0 atom stereocenters. The number of carbonyl (C=O) groups is 1. The Hall–Kier alpha value is -1.59. The van der Waals surface area contributed by atoms with Crippen LogP contribution < -0.4 is 11.1 Å².